The largest absolute Gasteiger partial charge is 0.359 e. The van der Waals surface area contributed by atoms with E-state index in [0.717, 1.165) is 5.82 Å². The van der Waals surface area contributed by atoms with Crippen LogP contribution in [0.4, 0.5) is 0 Å². The van der Waals surface area contributed by atoms with Gasteiger partial charge in [0.15, 0.2) is 0 Å². The normalized spacial score (nSPS) is 12.8. The summed E-state index contributed by atoms with van der Waals surface area (Å²) < 4.78 is 1.82. The highest BCUT2D eigenvalue weighted by atomic mass is 16.2. The van der Waals surface area contributed by atoms with Gasteiger partial charge in [0.05, 0.1) is 0 Å². The summed E-state index contributed by atoms with van der Waals surface area (Å²) in [4.78, 5) is 27.7. The van der Waals surface area contributed by atoms with Gasteiger partial charge in [0.1, 0.15) is 11.9 Å². The summed E-state index contributed by atoms with van der Waals surface area (Å²) in [5, 5.41) is 5.56. The van der Waals surface area contributed by atoms with Gasteiger partial charge >= 0.3 is 0 Å². The molecular weight excluding hydrogens is 256 g/mol. The van der Waals surface area contributed by atoms with Crippen LogP contribution in [0.2, 0.25) is 0 Å². The first-order valence-corrected chi connectivity index (χ1v) is 6.79. The molecule has 0 saturated heterocycles. The zero-order valence-electron chi connectivity index (χ0n) is 12.9. The highest BCUT2D eigenvalue weighted by molar-refractivity contribution is 5.81. The first-order valence-electron chi connectivity index (χ1n) is 6.79. The van der Waals surface area contributed by atoms with Gasteiger partial charge in [-0.05, 0) is 34.1 Å². The summed E-state index contributed by atoms with van der Waals surface area (Å²) in [6, 6.07) is -0.322. The number of carbonyl (C=O) groups excluding carboxylic acids is 2. The molecular formula is C14H24N4O2. The second-order valence-electron chi connectivity index (χ2n) is 5.60. The Hall–Kier alpha value is -1.85. The molecule has 0 radical (unpaired) electrons. The molecule has 0 aliphatic rings. The van der Waals surface area contributed by atoms with Gasteiger partial charge in [-0.25, -0.2) is 4.98 Å². The fourth-order valence-corrected chi connectivity index (χ4v) is 1.97. The van der Waals surface area contributed by atoms with Gasteiger partial charge in [-0.1, -0.05) is 0 Å². The van der Waals surface area contributed by atoms with Crippen molar-refractivity contribution in [2.24, 2.45) is 0 Å². The van der Waals surface area contributed by atoms with E-state index in [0.29, 0.717) is 12.8 Å². The monoisotopic (exact) mass is 280 g/mol. The predicted octanol–water partition coefficient (Wildman–Crippen LogP) is 1.17. The van der Waals surface area contributed by atoms with Crippen LogP contribution in [0.3, 0.4) is 0 Å². The molecule has 2 amide bonds. The van der Waals surface area contributed by atoms with Gasteiger partial charge in [0.2, 0.25) is 11.8 Å². The lowest BCUT2D eigenvalue weighted by molar-refractivity contribution is -0.126. The van der Waals surface area contributed by atoms with Gasteiger partial charge in [0, 0.05) is 31.4 Å². The average Bonchev–Trinajstić information content (AvgIpc) is 2.80. The van der Waals surface area contributed by atoms with Crippen molar-refractivity contribution in [2.75, 3.05) is 7.05 Å². The van der Waals surface area contributed by atoms with E-state index in [-0.39, 0.29) is 17.9 Å². The van der Waals surface area contributed by atoms with Crippen molar-refractivity contribution < 1.29 is 9.59 Å². The molecule has 0 aromatic carbocycles. The van der Waals surface area contributed by atoms with E-state index in [1.807, 2.05) is 32.3 Å². The molecule has 1 rings (SSSR count). The van der Waals surface area contributed by atoms with Crippen molar-refractivity contribution in [3.63, 3.8) is 0 Å². The highest BCUT2D eigenvalue weighted by Gasteiger charge is 2.25. The van der Waals surface area contributed by atoms with E-state index in [2.05, 4.69) is 15.6 Å². The average molecular weight is 280 g/mol. The van der Waals surface area contributed by atoms with Crippen LogP contribution in [-0.4, -0.2) is 34.0 Å². The number of aromatic nitrogens is 2. The molecule has 0 saturated carbocycles. The van der Waals surface area contributed by atoms with Gasteiger partial charge in [0.25, 0.3) is 0 Å². The fraction of sp³-hybridized carbons (Fsp3) is 0.643. The molecule has 0 unspecified atom stereocenters. The predicted molar refractivity (Wildman–Crippen MR) is 77.2 cm³/mol. The minimum atomic E-state index is -0.424. The Kier molecular flexibility index (Phi) is 5.30. The fourth-order valence-electron chi connectivity index (χ4n) is 1.97. The molecule has 0 spiro atoms. The van der Waals surface area contributed by atoms with Crippen LogP contribution in [0, 0.1) is 6.92 Å². The van der Waals surface area contributed by atoms with Crippen molar-refractivity contribution in [3.8, 4) is 0 Å². The molecule has 20 heavy (non-hydrogen) atoms. The van der Waals surface area contributed by atoms with E-state index >= 15 is 0 Å². The third-order valence-electron chi connectivity index (χ3n) is 3.38. The summed E-state index contributed by atoms with van der Waals surface area (Å²) in [6.07, 6.45) is 4.45. The molecule has 2 N–H and O–H groups in total. The van der Waals surface area contributed by atoms with E-state index in [1.165, 1.54) is 0 Å². The minimum absolute atomic E-state index is 0.0224. The van der Waals surface area contributed by atoms with Gasteiger partial charge in [-0.2, -0.15) is 0 Å². The molecule has 112 valence electrons. The zero-order chi connectivity index (χ0) is 15.3. The SMILES string of the molecule is CNC(=O)CCC(C)(C)NC(=O)[C@H](C)n1ccnc1C. The Labute approximate surface area is 120 Å². The van der Waals surface area contributed by atoms with Crippen molar-refractivity contribution in [3.05, 3.63) is 18.2 Å². The zero-order valence-corrected chi connectivity index (χ0v) is 12.9. The standard InChI is InChI=1S/C14H24N4O2/c1-10(18-9-8-16-11(18)2)13(20)17-14(3,4)7-6-12(19)15-5/h8-10H,6-7H2,1-5H3,(H,15,19)(H,17,20)/t10-/m0/s1. The minimum Gasteiger partial charge on any atom is -0.359 e. The second kappa shape index (κ2) is 6.54. The maximum Gasteiger partial charge on any atom is 0.243 e. The molecule has 0 bridgehead atoms. The van der Waals surface area contributed by atoms with Crippen molar-refractivity contribution in [1.82, 2.24) is 20.2 Å². The molecule has 1 aromatic rings. The third-order valence-corrected chi connectivity index (χ3v) is 3.38. The first-order chi connectivity index (χ1) is 9.26. The summed E-state index contributed by atoms with van der Waals surface area (Å²) in [7, 11) is 1.61. The molecule has 6 heteroatoms. The number of nitrogens with zero attached hydrogens (tertiary/aromatic N) is 2. The van der Waals surface area contributed by atoms with E-state index in [4.69, 9.17) is 0 Å². The van der Waals surface area contributed by atoms with Crippen LogP contribution in [0.5, 0.6) is 0 Å². The van der Waals surface area contributed by atoms with Crippen molar-refractivity contribution in [1.29, 1.82) is 0 Å². The first kappa shape index (κ1) is 16.2. The lowest BCUT2D eigenvalue weighted by atomic mass is 9.97. The number of carbonyl (C=O) groups is 2. The van der Waals surface area contributed by atoms with Crippen molar-refractivity contribution in [2.45, 2.75) is 52.1 Å². The third kappa shape index (κ3) is 4.36. The van der Waals surface area contributed by atoms with Crippen LogP contribution in [0.1, 0.15) is 45.5 Å². The molecule has 0 aliphatic carbocycles. The number of imidazole rings is 1. The quantitative estimate of drug-likeness (QED) is 0.821. The molecule has 6 nitrogen and oxygen atoms in total. The molecule has 0 fully saturated rings. The van der Waals surface area contributed by atoms with Gasteiger partial charge < -0.3 is 15.2 Å². The van der Waals surface area contributed by atoms with E-state index in [1.54, 1.807) is 19.4 Å². The van der Waals surface area contributed by atoms with Crippen molar-refractivity contribution >= 4 is 11.8 Å². The van der Waals surface area contributed by atoms with Crippen LogP contribution in [0.15, 0.2) is 12.4 Å². The molecule has 1 aromatic heterocycles. The Morgan fingerprint density at radius 1 is 1.45 bits per heavy atom. The lowest BCUT2D eigenvalue weighted by Gasteiger charge is -2.28. The molecule has 1 heterocycles. The van der Waals surface area contributed by atoms with Gasteiger partial charge in [-0.3, -0.25) is 9.59 Å². The smallest absolute Gasteiger partial charge is 0.243 e. The van der Waals surface area contributed by atoms with Gasteiger partial charge in [-0.15, -0.1) is 0 Å². The number of hydrogen-bond donors (Lipinski definition) is 2. The topological polar surface area (TPSA) is 76.0 Å². The van der Waals surface area contributed by atoms with Crippen LogP contribution < -0.4 is 10.6 Å². The number of amides is 2. The molecule has 0 aliphatic heterocycles. The second-order valence-corrected chi connectivity index (χ2v) is 5.60. The Balaban J connectivity index is 2.60. The number of aryl methyl sites for hydroxylation is 1. The van der Waals surface area contributed by atoms with E-state index < -0.39 is 5.54 Å². The number of hydrogen-bond acceptors (Lipinski definition) is 3. The highest BCUT2D eigenvalue weighted by Crippen LogP contribution is 2.15. The Bertz CT molecular complexity index is 479. The van der Waals surface area contributed by atoms with Crippen LogP contribution >= 0.6 is 0 Å². The lowest BCUT2D eigenvalue weighted by Crippen LogP contribution is -2.46. The summed E-state index contributed by atoms with van der Waals surface area (Å²) in [5.74, 6) is 0.703. The summed E-state index contributed by atoms with van der Waals surface area (Å²) in [6.45, 7) is 7.53. The Morgan fingerprint density at radius 3 is 2.60 bits per heavy atom. The maximum atomic E-state index is 12.3. The Morgan fingerprint density at radius 2 is 2.10 bits per heavy atom. The van der Waals surface area contributed by atoms with E-state index in [9.17, 15) is 9.59 Å². The molecule has 1 atom stereocenters. The number of rotatable bonds is 6. The summed E-state index contributed by atoms with van der Waals surface area (Å²) in [5.41, 5.74) is -0.424. The van der Waals surface area contributed by atoms with Crippen LogP contribution in [0.25, 0.3) is 0 Å². The summed E-state index contributed by atoms with van der Waals surface area (Å²) >= 11 is 0. The maximum absolute atomic E-state index is 12.3. The number of nitrogens with one attached hydrogen (secondary N) is 2. The van der Waals surface area contributed by atoms with Crippen LogP contribution in [-0.2, 0) is 9.59 Å².